The SMILES string of the molecule is CC.CC(C)=C/C=C(\N)C1=C(C)CCC(c2ccccc2)=C1. The molecule has 0 aliphatic heterocycles. The van der Waals surface area contributed by atoms with Crippen LogP contribution in [0.25, 0.3) is 5.57 Å². The van der Waals surface area contributed by atoms with Crippen LogP contribution in [-0.2, 0) is 0 Å². The molecule has 0 fully saturated rings. The van der Waals surface area contributed by atoms with E-state index < -0.39 is 0 Å². The average Bonchev–Trinajstić information content (AvgIpc) is 2.55. The van der Waals surface area contributed by atoms with E-state index in [0.29, 0.717) is 0 Å². The molecule has 0 atom stereocenters. The predicted octanol–water partition coefficient (Wildman–Crippen LogP) is 6.02. The lowest BCUT2D eigenvalue weighted by Crippen LogP contribution is -2.06. The lowest BCUT2D eigenvalue weighted by molar-refractivity contribution is 0.954. The van der Waals surface area contributed by atoms with Gasteiger partial charge in [0.1, 0.15) is 0 Å². The summed E-state index contributed by atoms with van der Waals surface area (Å²) in [5, 5.41) is 0. The minimum Gasteiger partial charge on any atom is -0.398 e. The molecule has 0 bridgehead atoms. The van der Waals surface area contributed by atoms with E-state index >= 15 is 0 Å². The minimum absolute atomic E-state index is 0.858. The van der Waals surface area contributed by atoms with Crippen LogP contribution in [0.2, 0.25) is 0 Å². The predicted molar refractivity (Wildman–Crippen MR) is 99.4 cm³/mol. The third-order valence-corrected chi connectivity index (χ3v) is 3.60. The molecule has 1 aliphatic rings. The molecule has 1 nitrogen and oxygen atoms in total. The van der Waals surface area contributed by atoms with Gasteiger partial charge in [0.25, 0.3) is 0 Å². The van der Waals surface area contributed by atoms with E-state index in [-0.39, 0.29) is 0 Å². The van der Waals surface area contributed by atoms with Crippen molar-refractivity contribution < 1.29 is 0 Å². The molecule has 0 saturated carbocycles. The summed E-state index contributed by atoms with van der Waals surface area (Å²) >= 11 is 0. The molecule has 2 rings (SSSR count). The number of allylic oxidation sites excluding steroid dienone is 6. The van der Waals surface area contributed by atoms with E-state index in [2.05, 4.69) is 63.3 Å². The van der Waals surface area contributed by atoms with Crippen molar-refractivity contribution in [1.82, 2.24) is 0 Å². The molecule has 0 saturated heterocycles. The Morgan fingerprint density at radius 3 is 2.23 bits per heavy atom. The van der Waals surface area contributed by atoms with E-state index in [0.717, 1.165) is 18.5 Å². The molecule has 22 heavy (non-hydrogen) atoms. The molecule has 1 aromatic rings. The highest BCUT2D eigenvalue weighted by Crippen LogP contribution is 2.32. The van der Waals surface area contributed by atoms with Crippen molar-refractivity contribution in [2.45, 2.75) is 47.5 Å². The van der Waals surface area contributed by atoms with E-state index in [1.165, 1.54) is 27.9 Å². The molecule has 0 amide bonds. The highest BCUT2D eigenvalue weighted by atomic mass is 14.6. The molecule has 1 heteroatoms. The average molecular weight is 295 g/mol. The summed E-state index contributed by atoms with van der Waals surface area (Å²) in [7, 11) is 0. The number of rotatable bonds is 3. The molecular weight excluding hydrogens is 266 g/mol. The number of hydrogen-bond acceptors (Lipinski definition) is 1. The number of nitrogens with two attached hydrogens (primary N) is 1. The van der Waals surface area contributed by atoms with Crippen LogP contribution in [0.15, 0.2) is 71.0 Å². The van der Waals surface area contributed by atoms with Gasteiger partial charge in [0, 0.05) is 5.70 Å². The first-order valence-electron chi connectivity index (χ1n) is 8.14. The zero-order valence-electron chi connectivity index (χ0n) is 14.6. The zero-order valence-corrected chi connectivity index (χ0v) is 14.6. The first kappa shape index (κ1) is 18.0. The topological polar surface area (TPSA) is 26.0 Å². The fraction of sp³-hybridized carbons (Fsp3) is 0.333. The van der Waals surface area contributed by atoms with Crippen molar-refractivity contribution in [1.29, 1.82) is 0 Å². The summed E-state index contributed by atoms with van der Waals surface area (Å²) in [6.07, 6.45) is 8.51. The van der Waals surface area contributed by atoms with Gasteiger partial charge >= 0.3 is 0 Å². The van der Waals surface area contributed by atoms with Crippen molar-refractivity contribution >= 4 is 5.57 Å². The Hall–Kier alpha value is -2.02. The highest BCUT2D eigenvalue weighted by Gasteiger charge is 2.13. The van der Waals surface area contributed by atoms with Crippen LogP contribution in [0.4, 0.5) is 0 Å². The van der Waals surface area contributed by atoms with Crippen molar-refractivity contribution in [3.8, 4) is 0 Å². The molecular formula is C21H29N. The minimum atomic E-state index is 0.858. The Bertz CT molecular complexity index is 594. The van der Waals surface area contributed by atoms with Gasteiger partial charge < -0.3 is 5.73 Å². The van der Waals surface area contributed by atoms with Gasteiger partial charge in [-0.3, -0.25) is 0 Å². The van der Waals surface area contributed by atoms with Gasteiger partial charge in [0.05, 0.1) is 0 Å². The van der Waals surface area contributed by atoms with Crippen LogP contribution < -0.4 is 5.73 Å². The largest absolute Gasteiger partial charge is 0.398 e. The molecule has 118 valence electrons. The molecule has 0 aromatic heterocycles. The third-order valence-electron chi connectivity index (χ3n) is 3.60. The summed E-state index contributed by atoms with van der Waals surface area (Å²) in [4.78, 5) is 0. The van der Waals surface area contributed by atoms with Crippen LogP contribution in [-0.4, -0.2) is 0 Å². The van der Waals surface area contributed by atoms with Crippen LogP contribution in [0, 0.1) is 0 Å². The monoisotopic (exact) mass is 295 g/mol. The van der Waals surface area contributed by atoms with Crippen LogP contribution in [0.1, 0.15) is 53.0 Å². The van der Waals surface area contributed by atoms with Gasteiger partial charge in [-0.05, 0) is 62.5 Å². The molecule has 0 heterocycles. The third kappa shape index (κ3) is 5.07. The van der Waals surface area contributed by atoms with Gasteiger partial charge in [0.15, 0.2) is 0 Å². The van der Waals surface area contributed by atoms with Crippen molar-refractivity contribution in [3.05, 3.63) is 76.5 Å². The van der Waals surface area contributed by atoms with E-state index in [9.17, 15) is 0 Å². The van der Waals surface area contributed by atoms with Crippen molar-refractivity contribution in [3.63, 3.8) is 0 Å². The molecule has 1 aromatic carbocycles. The normalized spacial score (nSPS) is 14.8. The summed E-state index contributed by atoms with van der Waals surface area (Å²) in [5.41, 5.74) is 13.6. The quantitative estimate of drug-likeness (QED) is 0.678. The standard InChI is InChI=1S/C19H23N.C2H6/c1-14(2)9-12-19(20)18-13-17(11-10-15(18)3)16-7-5-4-6-8-16;1-2/h4-9,12-13H,10-11,20H2,1-3H3;1-2H3/b19-12-;. The summed E-state index contributed by atoms with van der Waals surface area (Å²) in [6, 6.07) is 10.6. The Kier molecular flexibility index (Phi) is 7.45. The zero-order chi connectivity index (χ0) is 16.5. The molecule has 0 unspecified atom stereocenters. The maximum atomic E-state index is 6.24. The number of benzene rings is 1. The molecule has 0 radical (unpaired) electrons. The van der Waals surface area contributed by atoms with E-state index in [1.54, 1.807) is 0 Å². The van der Waals surface area contributed by atoms with Gasteiger partial charge in [0.2, 0.25) is 0 Å². The second-order valence-electron chi connectivity index (χ2n) is 5.60. The molecule has 0 spiro atoms. The smallest absolute Gasteiger partial charge is 0.0387 e. The summed E-state index contributed by atoms with van der Waals surface area (Å²) in [6.45, 7) is 10.3. The van der Waals surface area contributed by atoms with Crippen molar-refractivity contribution in [2.24, 2.45) is 5.73 Å². The fourth-order valence-corrected chi connectivity index (χ4v) is 2.38. The Labute approximate surface area is 135 Å². The first-order chi connectivity index (χ1) is 10.6. The van der Waals surface area contributed by atoms with Crippen LogP contribution in [0.5, 0.6) is 0 Å². The fourth-order valence-electron chi connectivity index (χ4n) is 2.38. The van der Waals surface area contributed by atoms with Gasteiger partial charge in [-0.15, -0.1) is 0 Å². The van der Waals surface area contributed by atoms with Gasteiger partial charge in [-0.1, -0.05) is 61.4 Å². The van der Waals surface area contributed by atoms with Gasteiger partial charge in [-0.25, -0.2) is 0 Å². The molecule has 1 aliphatic carbocycles. The van der Waals surface area contributed by atoms with Crippen LogP contribution in [0.3, 0.4) is 0 Å². The lowest BCUT2D eigenvalue weighted by atomic mass is 9.88. The second-order valence-corrected chi connectivity index (χ2v) is 5.60. The Balaban J connectivity index is 0.00000116. The Morgan fingerprint density at radius 2 is 1.64 bits per heavy atom. The highest BCUT2D eigenvalue weighted by molar-refractivity contribution is 5.72. The summed E-state index contributed by atoms with van der Waals surface area (Å²) < 4.78 is 0. The van der Waals surface area contributed by atoms with Crippen LogP contribution >= 0.6 is 0 Å². The van der Waals surface area contributed by atoms with Gasteiger partial charge in [-0.2, -0.15) is 0 Å². The maximum Gasteiger partial charge on any atom is 0.0387 e. The number of hydrogen-bond donors (Lipinski definition) is 1. The van der Waals surface area contributed by atoms with Crippen molar-refractivity contribution in [2.75, 3.05) is 0 Å². The van der Waals surface area contributed by atoms with E-state index in [4.69, 9.17) is 5.73 Å². The Morgan fingerprint density at radius 1 is 1.00 bits per heavy atom. The lowest BCUT2D eigenvalue weighted by Gasteiger charge is -2.18. The maximum absolute atomic E-state index is 6.24. The molecule has 2 N–H and O–H groups in total. The first-order valence-corrected chi connectivity index (χ1v) is 8.14. The van der Waals surface area contributed by atoms with E-state index in [1.807, 2.05) is 19.9 Å². The second kappa shape index (κ2) is 9.09. The summed E-state index contributed by atoms with van der Waals surface area (Å²) in [5.74, 6) is 0.